The predicted molar refractivity (Wildman–Crippen MR) is 91.7 cm³/mol. The SMILES string of the molecule is Cc1cnc(C(=O)N2CCN(c3nc(C4CC4)c(F)c(=O)[nH]3)CC2)cn1. The van der Waals surface area contributed by atoms with Gasteiger partial charge in [0.15, 0.2) is 0 Å². The van der Waals surface area contributed by atoms with E-state index in [0.717, 1.165) is 18.5 Å². The number of carbonyl (C=O) groups is 1. The first-order chi connectivity index (χ1) is 12.5. The average Bonchev–Trinajstić information content (AvgIpc) is 3.49. The number of amides is 1. The number of H-pyrrole nitrogens is 1. The number of nitrogens with zero attached hydrogens (tertiary/aromatic N) is 5. The van der Waals surface area contributed by atoms with Crippen LogP contribution >= 0.6 is 0 Å². The van der Waals surface area contributed by atoms with E-state index >= 15 is 0 Å². The first kappa shape index (κ1) is 16.6. The number of piperazine rings is 1. The van der Waals surface area contributed by atoms with Crippen molar-refractivity contribution in [3.05, 3.63) is 45.6 Å². The van der Waals surface area contributed by atoms with Crippen molar-refractivity contribution in [2.24, 2.45) is 0 Å². The van der Waals surface area contributed by atoms with E-state index in [1.54, 1.807) is 11.1 Å². The predicted octanol–water partition coefficient (Wildman–Crippen LogP) is 0.847. The van der Waals surface area contributed by atoms with E-state index in [4.69, 9.17) is 0 Å². The van der Waals surface area contributed by atoms with Gasteiger partial charge in [0, 0.05) is 38.3 Å². The van der Waals surface area contributed by atoms with Crippen LogP contribution < -0.4 is 10.5 Å². The van der Waals surface area contributed by atoms with E-state index in [-0.39, 0.29) is 17.5 Å². The zero-order chi connectivity index (χ0) is 18.3. The summed E-state index contributed by atoms with van der Waals surface area (Å²) >= 11 is 0. The van der Waals surface area contributed by atoms with Crippen molar-refractivity contribution in [1.82, 2.24) is 24.8 Å². The van der Waals surface area contributed by atoms with Gasteiger partial charge in [0.25, 0.3) is 11.5 Å². The number of anilines is 1. The summed E-state index contributed by atoms with van der Waals surface area (Å²) in [5.74, 6) is -0.515. The number of hydrogen-bond acceptors (Lipinski definition) is 6. The number of carbonyl (C=O) groups excluding carboxylic acids is 1. The average molecular weight is 358 g/mol. The molecule has 2 aromatic heterocycles. The third-order valence-electron chi connectivity index (χ3n) is 4.71. The Hall–Kier alpha value is -2.84. The van der Waals surface area contributed by atoms with Crippen LogP contribution in [0.1, 0.15) is 40.6 Å². The van der Waals surface area contributed by atoms with E-state index in [9.17, 15) is 14.0 Å². The lowest BCUT2D eigenvalue weighted by atomic mass is 10.2. The third-order valence-corrected chi connectivity index (χ3v) is 4.71. The van der Waals surface area contributed by atoms with Crippen LogP contribution in [0.4, 0.5) is 10.3 Å². The summed E-state index contributed by atoms with van der Waals surface area (Å²) < 4.78 is 13.9. The van der Waals surface area contributed by atoms with Gasteiger partial charge in [0.05, 0.1) is 17.6 Å². The molecule has 1 saturated heterocycles. The summed E-state index contributed by atoms with van der Waals surface area (Å²) in [6, 6.07) is 0. The maximum atomic E-state index is 13.9. The van der Waals surface area contributed by atoms with Crippen molar-refractivity contribution in [3.8, 4) is 0 Å². The fraction of sp³-hybridized carbons (Fsp3) is 0.471. The molecule has 4 rings (SSSR count). The molecule has 26 heavy (non-hydrogen) atoms. The molecule has 1 amide bonds. The van der Waals surface area contributed by atoms with Gasteiger partial charge in [-0.2, -0.15) is 4.39 Å². The monoisotopic (exact) mass is 358 g/mol. The number of aryl methyl sites for hydroxylation is 1. The van der Waals surface area contributed by atoms with E-state index in [1.807, 2.05) is 11.8 Å². The van der Waals surface area contributed by atoms with Crippen LogP contribution in [0.2, 0.25) is 0 Å². The molecule has 0 spiro atoms. The second-order valence-corrected chi connectivity index (χ2v) is 6.69. The minimum Gasteiger partial charge on any atom is -0.339 e. The summed E-state index contributed by atoms with van der Waals surface area (Å²) in [6.07, 6.45) is 4.78. The highest BCUT2D eigenvalue weighted by Gasteiger charge is 2.31. The van der Waals surface area contributed by atoms with Gasteiger partial charge >= 0.3 is 0 Å². The quantitative estimate of drug-likeness (QED) is 0.874. The minimum atomic E-state index is -0.775. The van der Waals surface area contributed by atoms with Crippen LogP contribution in [0.25, 0.3) is 0 Å². The van der Waals surface area contributed by atoms with Crippen molar-refractivity contribution in [1.29, 1.82) is 0 Å². The van der Waals surface area contributed by atoms with E-state index in [1.165, 1.54) is 6.20 Å². The maximum Gasteiger partial charge on any atom is 0.288 e. The third kappa shape index (κ3) is 3.16. The van der Waals surface area contributed by atoms with Crippen LogP contribution in [0.15, 0.2) is 17.2 Å². The fourth-order valence-electron chi connectivity index (χ4n) is 3.03. The van der Waals surface area contributed by atoms with Crippen molar-refractivity contribution < 1.29 is 9.18 Å². The first-order valence-corrected chi connectivity index (χ1v) is 8.65. The highest BCUT2D eigenvalue weighted by atomic mass is 19.1. The molecule has 136 valence electrons. The molecule has 0 unspecified atom stereocenters. The van der Waals surface area contributed by atoms with Gasteiger partial charge in [0.1, 0.15) is 5.69 Å². The first-order valence-electron chi connectivity index (χ1n) is 8.65. The van der Waals surface area contributed by atoms with Gasteiger partial charge in [-0.3, -0.25) is 19.6 Å². The second kappa shape index (κ2) is 6.47. The summed E-state index contributed by atoms with van der Waals surface area (Å²) in [4.78, 5) is 43.0. The molecule has 0 bridgehead atoms. The lowest BCUT2D eigenvalue weighted by Crippen LogP contribution is -2.49. The van der Waals surface area contributed by atoms with E-state index < -0.39 is 11.4 Å². The molecule has 9 heteroatoms. The van der Waals surface area contributed by atoms with Gasteiger partial charge in [-0.05, 0) is 19.8 Å². The lowest BCUT2D eigenvalue weighted by Gasteiger charge is -2.34. The number of nitrogens with one attached hydrogen (secondary N) is 1. The fourth-order valence-corrected chi connectivity index (χ4v) is 3.03. The van der Waals surface area contributed by atoms with Crippen molar-refractivity contribution in [3.63, 3.8) is 0 Å². The lowest BCUT2D eigenvalue weighted by molar-refractivity contribution is 0.0739. The molecule has 1 saturated carbocycles. The second-order valence-electron chi connectivity index (χ2n) is 6.69. The topological polar surface area (TPSA) is 95.1 Å². The Balaban J connectivity index is 1.46. The zero-order valence-corrected chi connectivity index (χ0v) is 14.4. The van der Waals surface area contributed by atoms with Crippen molar-refractivity contribution in [2.45, 2.75) is 25.7 Å². The Labute approximate surface area is 149 Å². The molecule has 3 heterocycles. The Morgan fingerprint density at radius 1 is 1.19 bits per heavy atom. The highest BCUT2D eigenvalue weighted by molar-refractivity contribution is 5.92. The standard InChI is InChI=1S/C17H19FN6O2/c1-10-8-20-12(9-19-10)16(26)23-4-6-24(7-5-23)17-21-14(11-2-3-11)13(18)15(25)22-17/h8-9,11H,2-7H2,1H3,(H,21,22,25). The largest absolute Gasteiger partial charge is 0.339 e. The smallest absolute Gasteiger partial charge is 0.288 e. The summed E-state index contributed by atoms with van der Waals surface area (Å²) in [7, 11) is 0. The van der Waals surface area contributed by atoms with Crippen LogP contribution in [0, 0.1) is 12.7 Å². The summed E-state index contributed by atoms with van der Waals surface area (Å²) in [5.41, 5.74) is 0.597. The minimum absolute atomic E-state index is 0.0547. The molecule has 2 aliphatic rings. The van der Waals surface area contributed by atoms with Crippen LogP contribution in [0.5, 0.6) is 0 Å². The van der Waals surface area contributed by atoms with E-state index in [2.05, 4.69) is 19.9 Å². The number of rotatable bonds is 3. The van der Waals surface area contributed by atoms with Gasteiger partial charge in [-0.25, -0.2) is 9.97 Å². The summed E-state index contributed by atoms with van der Waals surface area (Å²) in [6.45, 7) is 3.75. The van der Waals surface area contributed by atoms with Gasteiger partial charge in [-0.15, -0.1) is 0 Å². The van der Waals surface area contributed by atoms with Gasteiger partial charge in [0.2, 0.25) is 11.8 Å². The molecule has 0 atom stereocenters. The molecular weight excluding hydrogens is 339 g/mol. The molecule has 2 fully saturated rings. The molecule has 2 aromatic rings. The Morgan fingerprint density at radius 3 is 2.54 bits per heavy atom. The van der Waals surface area contributed by atoms with Crippen LogP contribution in [-0.2, 0) is 0 Å². The Kier molecular flexibility index (Phi) is 4.14. The van der Waals surface area contributed by atoms with Gasteiger partial charge in [-0.1, -0.05) is 0 Å². The Bertz CT molecular complexity index is 885. The molecule has 0 radical (unpaired) electrons. The molecule has 8 nitrogen and oxygen atoms in total. The normalized spacial score (nSPS) is 17.5. The Morgan fingerprint density at radius 2 is 1.92 bits per heavy atom. The molecular formula is C17H19FN6O2. The molecule has 1 aliphatic heterocycles. The van der Waals surface area contributed by atoms with Crippen LogP contribution in [-0.4, -0.2) is 56.9 Å². The molecule has 1 N–H and O–H groups in total. The molecule has 1 aliphatic carbocycles. The zero-order valence-electron chi connectivity index (χ0n) is 14.4. The van der Waals surface area contributed by atoms with E-state index in [0.29, 0.717) is 37.8 Å². The van der Waals surface area contributed by atoms with Crippen LogP contribution in [0.3, 0.4) is 0 Å². The summed E-state index contributed by atoms with van der Waals surface area (Å²) in [5, 5.41) is 0. The van der Waals surface area contributed by atoms with Crippen molar-refractivity contribution >= 4 is 11.9 Å². The highest BCUT2D eigenvalue weighted by Crippen LogP contribution is 2.39. The number of hydrogen-bond donors (Lipinski definition) is 1. The van der Waals surface area contributed by atoms with Crippen molar-refractivity contribution in [2.75, 3.05) is 31.1 Å². The number of aromatic amines is 1. The van der Waals surface area contributed by atoms with Gasteiger partial charge < -0.3 is 9.80 Å². The maximum absolute atomic E-state index is 13.9. The number of aromatic nitrogens is 4. The number of halogens is 1. The molecule has 0 aromatic carbocycles.